The van der Waals surface area contributed by atoms with E-state index in [9.17, 15) is 24.6 Å². The van der Waals surface area contributed by atoms with Gasteiger partial charge < -0.3 is 29.6 Å². The second-order valence-corrected chi connectivity index (χ2v) is 11.5. The van der Waals surface area contributed by atoms with Crippen molar-refractivity contribution in [1.82, 2.24) is 4.90 Å². The Labute approximate surface area is 237 Å². The van der Waals surface area contributed by atoms with Crippen molar-refractivity contribution in [2.24, 2.45) is 17.8 Å². The van der Waals surface area contributed by atoms with Gasteiger partial charge in [0.25, 0.3) is 5.91 Å². The molecule has 0 aliphatic carbocycles. The second kappa shape index (κ2) is 11.5. The lowest BCUT2D eigenvalue weighted by Gasteiger charge is -2.41. The van der Waals surface area contributed by atoms with Crippen LogP contribution < -0.4 is 9.80 Å². The molecule has 9 nitrogen and oxygen atoms in total. The van der Waals surface area contributed by atoms with E-state index in [1.807, 2.05) is 45.0 Å². The number of carboxylic acid groups (broad SMARTS) is 1. The van der Waals surface area contributed by atoms with Crippen LogP contribution in [0, 0.1) is 17.8 Å². The summed E-state index contributed by atoms with van der Waals surface area (Å²) in [6.07, 6.45) is 3.64. The summed E-state index contributed by atoms with van der Waals surface area (Å²) in [6.45, 7) is 15.4. The van der Waals surface area contributed by atoms with Gasteiger partial charge in [-0.1, -0.05) is 33.3 Å². The molecule has 9 heteroatoms. The third-order valence-electron chi connectivity index (χ3n) is 9.83. The van der Waals surface area contributed by atoms with Gasteiger partial charge in [-0.25, -0.2) is 0 Å². The van der Waals surface area contributed by atoms with Crippen LogP contribution in [-0.4, -0.2) is 82.4 Å². The number of likely N-dealkylation sites (tertiary alicyclic amines) is 1. The summed E-state index contributed by atoms with van der Waals surface area (Å²) in [6, 6.07) is 6.04. The van der Waals surface area contributed by atoms with Crippen molar-refractivity contribution in [3.8, 4) is 0 Å². The third kappa shape index (κ3) is 4.42. The van der Waals surface area contributed by atoms with Crippen molar-refractivity contribution < 1.29 is 29.3 Å². The molecule has 1 spiro atoms. The number of benzene rings is 1. The molecular weight excluding hydrogens is 510 g/mol. The summed E-state index contributed by atoms with van der Waals surface area (Å²) >= 11 is 0. The maximum atomic E-state index is 14.7. The molecule has 1 aromatic carbocycles. The lowest BCUT2D eigenvalue weighted by atomic mass is 9.65. The number of hydrogen-bond acceptors (Lipinski definition) is 6. The number of nitrogens with zero attached hydrogens (tertiary/aromatic N) is 3. The minimum atomic E-state index is -1.27. The van der Waals surface area contributed by atoms with E-state index in [0.29, 0.717) is 31.4 Å². The Kier molecular flexibility index (Phi) is 8.66. The summed E-state index contributed by atoms with van der Waals surface area (Å²) in [4.78, 5) is 46.9. The minimum Gasteiger partial charge on any atom is -0.481 e. The lowest BCUT2D eigenvalue weighted by molar-refractivity contribution is -0.158. The molecule has 3 aliphatic heterocycles. The average Bonchev–Trinajstić information content (AvgIpc) is 3.56. The van der Waals surface area contributed by atoms with Crippen LogP contribution in [0.25, 0.3) is 0 Å². The Morgan fingerprint density at radius 1 is 1.15 bits per heavy atom. The van der Waals surface area contributed by atoms with Crippen LogP contribution in [0.1, 0.15) is 60.3 Å². The standard InChI is InChI=1S/C31H45N3O6/c1-7-18-33(22-14-12-21(13-15-22)32(10-4)11-5)28(37)26-31-17-16-30(9-3,40-31)25(29(38)39)24(31)27(36)34(26)23(19-35)20(6)8-2/h7,12-15,20,23-26,35H,1,8-11,16-19H2,2-6H3,(H,38,39)/t20-,23-,24-,25-,26?,30+,31?/m0/s1. The van der Waals surface area contributed by atoms with Gasteiger partial charge in [-0.15, -0.1) is 6.58 Å². The van der Waals surface area contributed by atoms with Gasteiger partial charge in [-0.3, -0.25) is 14.4 Å². The Morgan fingerprint density at radius 3 is 2.27 bits per heavy atom. The number of aliphatic hydroxyl groups is 1. The zero-order valence-electron chi connectivity index (χ0n) is 24.5. The van der Waals surface area contributed by atoms with Crippen molar-refractivity contribution >= 4 is 29.2 Å². The first-order valence-corrected chi connectivity index (χ1v) is 14.7. The van der Waals surface area contributed by atoms with Crippen molar-refractivity contribution in [3.63, 3.8) is 0 Å². The largest absolute Gasteiger partial charge is 0.481 e. The Morgan fingerprint density at radius 2 is 1.77 bits per heavy atom. The van der Waals surface area contributed by atoms with Crippen LogP contribution in [-0.2, 0) is 19.1 Å². The van der Waals surface area contributed by atoms with Gasteiger partial charge in [-0.05, 0) is 63.3 Å². The fraction of sp³-hybridized carbons (Fsp3) is 0.645. The fourth-order valence-corrected chi connectivity index (χ4v) is 7.51. The molecule has 3 aliphatic rings. The van der Waals surface area contributed by atoms with E-state index in [1.165, 1.54) is 4.90 Å². The van der Waals surface area contributed by atoms with Gasteiger partial charge in [0.15, 0.2) is 0 Å². The van der Waals surface area contributed by atoms with Gasteiger partial charge >= 0.3 is 5.97 Å². The molecule has 0 radical (unpaired) electrons. The number of ether oxygens (including phenoxy) is 1. The summed E-state index contributed by atoms with van der Waals surface area (Å²) in [5.41, 5.74) is -0.560. The second-order valence-electron chi connectivity index (χ2n) is 11.5. The van der Waals surface area contributed by atoms with E-state index >= 15 is 0 Å². The van der Waals surface area contributed by atoms with E-state index in [-0.39, 0.29) is 25.0 Å². The summed E-state index contributed by atoms with van der Waals surface area (Å²) < 4.78 is 6.68. The van der Waals surface area contributed by atoms with Crippen LogP contribution >= 0.6 is 0 Å². The molecule has 3 saturated heterocycles. The van der Waals surface area contributed by atoms with Crippen LogP contribution in [0.5, 0.6) is 0 Å². The highest BCUT2D eigenvalue weighted by Crippen LogP contribution is 2.64. The zero-order valence-corrected chi connectivity index (χ0v) is 24.5. The van der Waals surface area contributed by atoms with E-state index in [0.717, 1.165) is 18.8 Å². The average molecular weight is 556 g/mol. The molecule has 1 aromatic rings. The predicted molar refractivity (Wildman–Crippen MR) is 154 cm³/mol. The summed E-state index contributed by atoms with van der Waals surface area (Å²) in [5, 5.41) is 20.8. The fourth-order valence-electron chi connectivity index (χ4n) is 7.51. The summed E-state index contributed by atoms with van der Waals surface area (Å²) in [5.74, 6) is -3.96. The molecule has 3 heterocycles. The van der Waals surface area contributed by atoms with Gasteiger partial charge in [0.05, 0.1) is 24.2 Å². The Balaban J connectivity index is 1.84. The predicted octanol–water partition coefficient (Wildman–Crippen LogP) is 3.70. The van der Waals surface area contributed by atoms with Crippen molar-refractivity contribution in [2.45, 2.75) is 83.6 Å². The van der Waals surface area contributed by atoms with E-state index in [2.05, 4.69) is 25.3 Å². The topological polar surface area (TPSA) is 111 Å². The smallest absolute Gasteiger partial charge is 0.310 e. The highest BCUT2D eigenvalue weighted by atomic mass is 16.5. The van der Waals surface area contributed by atoms with Crippen molar-refractivity contribution in [1.29, 1.82) is 0 Å². The molecule has 40 heavy (non-hydrogen) atoms. The number of carbonyl (C=O) groups excluding carboxylic acids is 2. The normalized spacial score (nSPS) is 30.2. The first-order chi connectivity index (χ1) is 19.1. The van der Waals surface area contributed by atoms with Gasteiger partial charge in [0.2, 0.25) is 5.91 Å². The Bertz CT molecular complexity index is 1120. The maximum absolute atomic E-state index is 14.7. The third-order valence-corrected chi connectivity index (χ3v) is 9.83. The van der Waals surface area contributed by atoms with E-state index in [1.54, 1.807) is 11.0 Å². The molecule has 0 saturated carbocycles. The van der Waals surface area contributed by atoms with E-state index in [4.69, 9.17) is 4.74 Å². The molecule has 2 bridgehead atoms. The first-order valence-electron chi connectivity index (χ1n) is 14.7. The highest BCUT2D eigenvalue weighted by Gasteiger charge is 2.79. The van der Waals surface area contributed by atoms with Crippen molar-refractivity contribution in [3.05, 3.63) is 36.9 Å². The minimum absolute atomic E-state index is 0.110. The number of carbonyl (C=O) groups is 3. The number of carboxylic acids is 1. The summed E-state index contributed by atoms with van der Waals surface area (Å²) in [7, 11) is 0. The lowest BCUT2D eigenvalue weighted by Crippen LogP contribution is -2.60. The van der Waals surface area contributed by atoms with Crippen LogP contribution in [0.2, 0.25) is 0 Å². The van der Waals surface area contributed by atoms with Gasteiger partial charge in [0, 0.05) is 31.0 Å². The molecular formula is C31H45N3O6. The monoisotopic (exact) mass is 555 g/mol. The first kappa shape index (κ1) is 30.1. The molecule has 220 valence electrons. The molecule has 4 rings (SSSR count). The van der Waals surface area contributed by atoms with Gasteiger partial charge in [-0.2, -0.15) is 0 Å². The molecule has 0 aromatic heterocycles. The molecule has 3 fully saturated rings. The maximum Gasteiger partial charge on any atom is 0.310 e. The van der Waals surface area contributed by atoms with Crippen molar-refractivity contribution in [2.75, 3.05) is 36.0 Å². The van der Waals surface area contributed by atoms with Gasteiger partial charge in [0.1, 0.15) is 17.6 Å². The molecule has 2 unspecified atom stereocenters. The number of amides is 2. The Hall–Kier alpha value is -2.91. The molecule has 2 amide bonds. The van der Waals surface area contributed by atoms with Crippen LogP contribution in [0.15, 0.2) is 36.9 Å². The number of aliphatic hydroxyl groups excluding tert-OH is 1. The number of aliphatic carboxylic acids is 1. The van der Waals surface area contributed by atoms with E-state index < -0.39 is 47.0 Å². The van der Waals surface area contributed by atoms with Crippen LogP contribution in [0.3, 0.4) is 0 Å². The number of rotatable bonds is 13. The zero-order chi connectivity index (χ0) is 29.4. The molecule has 7 atom stereocenters. The number of hydrogen-bond donors (Lipinski definition) is 2. The molecule has 2 N–H and O–H groups in total. The number of anilines is 2. The quantitative estimate of drug-likeness (QED) is 0.357. The highest BCUT2D eigenvalue weighted by molar-refractivity contribution is 6.05. The van der Waals surface area contributed by atoms with Crippen LogP contribution in [0.4, 0.5) is 11.4 Å². The SMILES string of the molecule is C=CCN(C(=O)C1N([C@@H](CO)[C@@H](C)CC)C(=O)[C@@H]2[C@@H](C(=O)O)[C@@]3(CC)CCC12O3)c1ccc(N(CC)CC)cc1. The number of fused-ring (bicyclic) bond motifs is 1.